The van der Waals surface area contributed by atoms with Crippen molar-refractivity contribution in [2.45, 2.75) is 58.4 Å². The highest BCUT2D eigenvalue weighted by Gasteiger charge is 2.39. The SMILES string of the molecule is CCC(N)(CC)CNC(=O)C1(C)CCC1.Cl. The van der Waals surface area contributed by atoms with E-state index in [2.05, 4.69) is 19.2 Å². The van der Waals surface area contributed by atoms with Crippen LogP contribution in [0.15, 0.2) is 0 Å². The van der Waals surface area contributed by atoms with Crippen molar-refractivity contribution in [3.8, 4) is 0 Å². The smallest absolute Gasteiger partial charge is 0.226 e. The fourth-order valence-electron chi connectivity index (χ4n) is 1.90. The van der Waals surface area contributed by atoms with Crippen LogP contribution in [0.4, 0.5) is 0 Å². The zero-order valence-electron chi connectivity index (χ0n) is 10.6. The molecular formula is C12H25ClN2O. The summed E-state index contributed by atoms with van der Waals surface area (Å²) in [6, 6.07) is 0. The van der Waals surface area contributed by atoms with E-state index in [1.54, 1.807) is 0 Å². The van der Waals surface area contributed by atoms with E-state index in [4.69, 9.17) is 5.73 Å². The van der Waals surface area contributed by atoms with Crippen LogP contribution in [-0.4, -0.2) is 18.0 Å². The quantitative estimate of drug-likeness (QED) is 0.784. The maximum atomic E-state index is 11.9. The van der Waals surface area contributed by atoms with Crippen LogP contribution in [0.5, 0.6) is 0 Å². The monoisotopic (exact) mass is 248 g/mol. The Morgan fingerprint density at radius 2 is 1.88 bits per heavy atom. The molecule has 0 heterocycles. The Morgan fingerprint density at radius 1 is 1.38 bits per heavy atom. The van der Waals surface area contributed by atoms with Gasteiger partial charge in [0.1, 0.15) is 0 Å². The van der Waals surface area contributed by atoms with Crippen LogP contribution in [0.25, 0.3) is 0 Å². The van der Waals surface area contributed by atoms with Gasteiger partial charge in [-0.1, -0.05) is 27.2 Å². The largest absolute Gasteiger partial charge is 0.354 e. The zero-order valence-corrected chi connectivity index (χ0v) is 11.5. The van der Waals surface area contributed by atoms with E-state index < -0.39 is 0 Å². The summed E-state index contributed by atoms with van der Waals surface area (Å²) in [6.45, 7) is 6.79. The van der Waals surface area contributed by atoms with E-state index >= 15 is 0 Å². The second kappa shape index (κ2) is 5.87. The Balaban J connectivity index is 0.00000225. The summed E-state index contributed by atoms with van der Waals surface area (Å²) in [5.41, 5.74) is 5.80. The topological polar surface area (TPSA) is 55.1 Å². The van der Waals surface area contributed by atoms with Gasteiger partial charge in [-0.05, 0) is 25.7 Å². The van der Waals surface area contributed by atoms with Crippen molar-refractivity contribution < 1.29 is 4.79 Å². The first-order chi connectivity index (χ1) is 6.96. The molecule has 1 aliphatic rings. The van der Waals surface area contributed by atoms with Crippen molar-refractivity contribution in [2.75, 3.05) is 6.54 Å². The fraction of sp³-hybridized carbons (Fsp3) is 0.917. The second-order valence-corrected chi connectivity index (χ2v) is 5.17. The number of nitrogens with one attached hydrogen (secondary N) is 1. The predicted octanol–water partition coefficient (Wildman–Crippen LogP) is 2.23. The maximum Gasteiger partial charge on any atom is 0.226 e. The van der Waals surface area contributed by atoms with Crippen molar-refractivity contribution in [1.82, 2.24) is 5.32 Å². The summed E-state index contributed by atoms with van der Waals surface area (Å²) in [6.07, 6.45) is 5.03. The third kappa shape index (κ3) is 3.36. The van der Waals surface area contributed by atoms with Crippen molar-refractivity contribution in [3.05, 3.63) is 0 Å². The molecule has 0 unspecified atom stereocenters. The van der Waals surface area contributed by atoms with Crippen LogP contribution >= 0.6 is 12.4 Å². The molecule has 0 radical (unpaired) electrons. The molecule has 1 rings (SSSR count). The molecule has 3 nitrogen and oxygen atoms in total. The zero-order chi connectivity index (χ0) is 11.5. The van der Waals surface area contributed by atoms with Gasteiger partial charge in [-0.3, -0.25) is 4.79 Å². The molecule has 0 aromatic heterocycles. The average molecular weight is 249 g/mol. The minimum atomic E-state index is -0.226. The van der Waals surface area contributed by atoms with Gasteiger partial charge >= 0.3 is 0 Å². The van der Waals surface area contributed by atoms with E-state index in [9.17, 15) is 4.79 Å². The molecule has 0 saturated heterocycles. The summed E-state index contributed by atoms with van der Waals surface area (Å²) in [5.74, 6) is 0.186. The first kappa shape index (κ1) is 15.7. The molecule has 1 aliphatic carbocycles. The minimum absolute atomic E-state index is 0. The third-order valence-electron chi connectivity index (χ3n) is 4.01. The fourth-order valence-corrected chi connectivity index (χ4v) is 1.90. The van der Waals surface area contributed by atoms with E-state index in [0.717, 1.165) is 25.7 Å². The van der Waals surface area contributed by atoms with Crippen LogP contribution in [0, 0.1) is 5.41 Å². The molecule has 96 valence electrons. The highest BCUT2D eigenvalue weighted by atomic mass is 35.5. The van der Waals surface area contributed by atoms with Crippen molar-refractivity contribution in [2.24, 2.45) is 11.1 Å². The second-order valence-electron chi connectivity index (χ2n) is 5.17. The number of halogens is 1. The van der Waals surface area contributed by atoms with Gasteiger partial charge in [0, 0.05) is 17.5 Å². The molecule has 0 aromatic rings. The molecule has 16 heavy (non-hydrogen) atoms. The molecule has 1 amide bonds. The highest BCUT2D eigenvalue weighted by Crippen LogP contribution is 2.40. The number of carbonyl (C=O) groups excluding carboxylic acids is 1. The molecule has 1 saturated carbocycles. The Labute approximate surface area is 105 Å². The van der Waals surface area contributed by atoms with Gasteiger partial charge in [0.15, 0.2) is 0 Å². The average Bonchev–Trinajstić information content (AvgIpc) is 2.22. The molecular weight excluding hydrogens is 224 g/mol. The first-order valence-corrected chi connectivity index (χ1v) is 6.03. The Hall–Kier alpha value is -0.280. The van der Waals surface area contributed by atoms with Gasteiger partial charge in [-0.2, -0.15) is 0 Å². The van der Waals surface area contributed by atoms with Crippen LogP contribution in [0.1, 0.15) is 52.9 Å². The molecule has 0 aromatic carbocycles. The summed E-state index contributed by atoms with van der Waals surface area (Å²) < 4.78 is 0. The molecule has 0 bridgehead atoms. The van der Waals surface area contributed by atoms with Crippen molar-refractivity contribution in [3.63, 3.8) is 0 Å². The summed E-state index contributed by atoms with van der Waals surface area (Å²) in [7, 11) is 0. The first-order valence-electron chi connectivity index (χ1n) is 6.03. The number of amides is 1. The van der Waals surface area contributed by atoms with Crippen molar-refractivity contribution >= 4 is 18.3 Å². The van der Waals surface area contributed by atoms with Crippen molar-refractivity contribution in [1.29, 1.82) is 0 Å². The maximum absolute atomic E-state index is 11.9. The number of hydrogen-bond acceptors (Lipinski definition) is 2. The van der Waals surface area contributed by atoms with E-state index in [-0.39, 0.29) is 29.3 Å². The Bertz CT molecular complexity index is 235. The van der Waals surface area contributed by atoms with E-state index in [1.165, 1.54) is 6.42 Å². The summed E-state index contributed by atoms with van der Waals surface area (Å²) in [5, 5.41) is 3.00. The van der Waals surface area contributed by atoms with Gasteiger partial charge in [-0.15, -0.1) is 12.4 Å². The third-order valence-corrected chi connectivity index (χ3v) is 4.01. The molecule has 3 N–H and O–H groups in total. The Morgan fingerprint density at radius 3 is 2.19 bits per heavy atom. The number of carbonyl (C=O) groups is 1. The number of hydrogen-bond donors (Lipinski definition) is 2. The molecule has 0 spiro atoms. The Kier molecular flexibility index (Phi) is 5.77. The predicted molar refractivity (Wildman–Crippen MR) is 69.7 cm³/mol. The van der Waals surface area contributed by atoms with Crippen LogP contribution < -0.4 is 11.1 Å². The lowest BCUT2D eigenvalue weighted by atomic mass is 9.70. The lowest BCUT2D eigenvalue weighted by molar-refractivity contribution is -0.134. The molecule has 0 aliphatic heterocycles. The molecule has 1 fully saturated rings. The van der Waals surface area contributed by atoms with Crippen LogP contribution in [-0.2, 0) is 4.79 Å². The van der Waals surface area contributed by atoms with E-state index in [1.807, 2.05) is 6.92 Å². The normalized spacial score (nSPS) is 18.2. The minimum Gasteiger partial charge on any atom is -0.354 e. The molecule has 4 heteroatoms. The molecule has 0 atom stereocenters. The summed E-state index contributed by atoms with van der Waals surface area (Å²) in [4.78, 5) is 11.9. The van der Waals surface area contributed by atoms with Gasteiger partial charge in [0.25, 0.3) is 0 Å². The van der Waals surface area contributed by atoms with Gasteiger partial charge in [0.2, 0.25) is 5.91 Å². The van der Waals surface area contributed by atoms with Gasteiger partial charge in [-0.25, -0.2) is 0 Å². The highest BCUT2D eigenvalue weighted by molar-refractivity contribution is 5.85. The van der Waals surface area contributed by atoms with Crippen LogP contribution in [0.2, 0.25) is 0 Å². The lowest BCUT2D eigenvalue weighted by Crippen LogP contribution is -2.53. The lowest BCUT2D eigenvalue weighted by Gasteiger charge is -2.38. The number of nitrogens with two attached hydrogens (primary N) is 1. The standard InChI is InChI=1S/C12H24N2O.ClH/c1-4-12(13,5-2)9-14-10(15)11(3)7-6-8-11;/h4-9,13H2,1-3H3,(H,14,15);1H. The van der Waals surface area contributed by atoms with Gasteiger partial charge < -0.3 is 11.1 Å². The van der Waals surface area contributed by atoms with E-state index in [0.29, 0.717) is 6.54 Å². The summed E-state index contributed by atoms with van der Waals surface area (Å²) >= 11 is 0. The van der Waals surface area contributed by atoms with Crippen LogP contribution in [0.3, 0.4) is 0 Å². The number of rotatable bonds is 5. The van der Waals surface area contributed by atoms with Gasteiger partial charge in [0.05, 0.1) is 0 Å².